The molecule has 0 amide bonds. The van der Waals surface area contributed by atoms with Crippen LogP contribution in [0.1, 0.15) is 26.3 Å². The quantitative estimate of drug-likeness (QED) is 0.798. The first-order valence-electron chi connectivity index (χ1n) is 6.13. The summed E-state index contributed by atoms with van der Waals surface area (Å²) in [6.45, 7) is 9.50. The fraction of sp³-hybridized carbons (Fsp3) is 0.571. The van der Waals surface area contributed by atoms with E-state index in [0.717, 1.165) is 19.6 Å². The van der Waals surface area contributed by atoms with E-state index in [2.05, 4.69) is 56.0 Å². The molecular weight excluding hydrogens is 196 g/mol. The lowest BCUT2D eigenvalue weighted by molar-refractivity contribution is 0.165. The number of rotatable bonds is 6. The predicted molar refractivity (Wildman–Crippen MR) is 70.2 cm³/mol. The third-order valence-electron chi connectivity index (χ3n) is 3.19. The zero-order valence-corrected chi connectivity index (χ0v) is 10.7. The molecule has 2 nitrogen and oxygen atoms in total. The van der Waals surface area contributed by atoms with Crippen molar-refractivity contribution in [3.05, 3.63) is 35.9 Å². The molecule has 0 saturated heterocycles. The molecule has 2 heteroatoms. The molecule has 0 aromatic heterocycles. The summed E-state index contributed by atoms with van der Waals surface area (Å²) >= 11 is 0. The Labute approximate surface area is 99.5 Å². The van der Waals surface area contributed by atoms with Crippen LogP contribution in [0.3, 0.4) is 0 Å². The molecule has 1 unspecified atom stereocenters. The van der Waals surface area contributed by atoms with E-state index in [1.54, 1.807) is 0 Å². The molecule has 1 aromatic rings. The van der Waals surface area contributed by atoms with Gasteiger partial charge in [0.05, 0.1) is 0 Å². The van der Waals surface area contributed by atoms with Crippen molar-refractivity contribution >= 4 is 0 Å². The SMILES string of the molecule is CC(C)C(C)N(CCN)Cc1ccccc1. The van der Waals surface area contributed by atoms with E-state index in [1.807, 2.05) is 0 Å². The minimum absolute atomic E-state index is 0.573. The van der Waals surface area contributed by atoms with Gasteiger partial charge in [-0.3, -0.25) is 4.90 Å². The predicted octanol–water partition coefficient (Wildman–Crippen LogP) is 2.49. The largest absolute Gasteiger partial charge is 0.329 e. The molecule has 1 rings (SSSR count). The first-order valence-corrected chi connectivity index (χ1v) is 6.13. The summed E-state index contributed by atoms with van der Waals surface area (Å²) < 4.78 is 0. The number of hydrogen-bond donors (Lipinski definition) is 1. The van der Waals surface area contributed by atoms with Crippen molar-refractivity contribution in [2.24, 2.45) is 11.7 Å². The maximum Gasteiger partial charge on any atom is 0.0237 e. The van der Waals surface area contributed by atoms with Crippen LogP contribution < -0.4 is 5.73 Å². The minimum Gasteiger partial charge on any atom is -0.329 e. The van der Waals surface area contributed by atoms with E-state index < -0.39 is 0 Å². The molecule has 0 heterocycles. The van der Waals surface area contributed by atoms with Gasteiger partial charge in [-0.1, -0.05) is 44.2 Å². The number of nitrogens with two attached hydrogens (primary N) is 1. The van der Waals surface area contributed by atoms with Crippen LogP contribution in [-0.2, 0) is 6.54 Å². The van der Waals surface area contributed by atoms with E-state index in [0.29, 0.717) is 12.0 Å². The summed E-state index contributed by atoms with van der Waals surface area (Å²) in [5, 5.41) is 0. The zero-order chi connectivity index (χ0) is 12.0. The van der Waals surface area contributed by atoms with Gasteiger partial charge in [-0.2, -0.15) is 0 Å². The van der Waals surface area contributed by atoms with Crippen molar-refractivity contribution < 1.29 is 0 Å². The average Bonchev–Trinajstić information content (AvgIpc) is 2.29. The van der Waals surface area contributed by atoms with Crippen LogP contribution in [0, 0.1) is 5.92 Å². The molecule has 2 N–H and O–H groups in total. The Kier molecular flexibility index (Phi) is 5.50. The second-order valence-electron chi connectivity index (χ2n) is 4.73. The highest BCUT2D eigenvalue weighted by Gasteiger charge is 2.16. The highest BCUT2D eigenvalue weighted by molar-refractivity contribution is 5.14. The second kappa shape index (κ2) is 6.66. The van der Waals surface area contributed by atoms with E-state index in [4.69, 9.17) is 5.73 Å². The molecule has 16 heavy (non-hydrogen) atoms. The lowest BCUT2D eigenvalue weighted by atomic mass is 10.0. The summed E-state index contributed by atoms with van der Waals surface area (Å²) in [5.41, 5.74) is 7.04. The van der Waals surface area contributed by atoms with E-state index in [1.165, 1.54) is 5.56 Å². The monoisotopic (exact) mass is 220 g/mol. The van der Waals surface area contributed by atoms with Crippen LogP contribution in [0.15, 0.2) is 30.3 Å². The summed E-state index contributed by atoms with van der Waals surface area (Å²) in [7, 11) is 0. The van der Waals surface area contributed by atoms with Crippen molar-refractivity contribution in [1.82, 2.24) is 4.90 Å². The Morgan fingerprint density at radius 1 is 1.12 bits per heavy atom. The molecule has 0 bridgehead atoms. The van der Waals surface area contributed by atoms with Crippen LogP contribution in [0.25, 0.3) is 0 Å². The lowest BCUT2D eigenvalue weighted by Crippen LogP contribution is -2.39. The topological polar surface area (TPSA) is 29.3 Å². The smallest absolute Gasteiger partial charge is 0.0237 e. The van der Waals surface area contributed by atoms with Crippen LogP contribution in [0.2, 0.25) is 0 Å². The Bertz CT molecular complexity index is 282. The van der Waals surface area contributed by atoms with Gasteiger partial charge in [-0.15, -0.1) is 0 Å². The van der Waals surface area contributed by atoms with Crippen molar-refractivity contribution in [2.45, 2.75) is 33.4 Å². The van der Waals surface area contributed by atoms with Crippen molar-refractivity contribution in [2.75, 3.05) is 13.1 Å². The fourth-order valence-corrected chi connectivity index (χ4v) is 1.83. The third-order valence-corrected chi connectivity index (χ3v) is 3.19. The standard InChI is InChI=1S/C14H24N2/c1-12(2)13(3)16(10-9-15)11-14-7-5-4-6-8-14/h4-8,12-13H,9-11,15H2,1-3H3. The number of benzene rings is 1. The molecule has 1 atom stereocenters. The molecule has 0 aliphatic carbocycles. The Morgan fingerprint density at radius 3 is 2.25 bits per heavy atom. The zero-order valence-electron chi connectivity index (χ0n) is 10.7. The molecule has 0 spiro atoms. The van der Waals surface area contributed by atoms with Crippen LogP contribution in [-0.4, -0.2) is 24.0 Å². The second-order valence-corrected chi connectivity index (χ2v) is 4.73. The molecular formula is C14H24N2. The summed E-state index contributed by atoms with van der Waals surface area (Å²) in [4.78, 5) is 2.46. The number of hydrogen-bond acceptors (Lipinski definition) is 2. The highest BCUT2D eigenvalue weighted by Crippen LogP contribution is 2.13. The molecule has 0 aliphatic rings. The van der Waals surface area contributed by atoms with Crippen molar-refractivity contribution in [1.29, 1.82) is 0 Å². The molecule has 0 radical (unpaired) electrons. The normalized spacial score (nSPS) is 13.4. The van der Waals surface area contributed by atoms with E-state index >= 15 is 0 Å². The Balaban J connectivity index is 2.64. The van der Waals surface area contributed by atoms with E-state index in [-0.39, 0.29) is 0 Å². The average molecular weight is 220 g/mol. The van der Waals surface area contributed by atoms with Crippen LogP contribution >= 0.6 is 0 Å². The van der Waals surface area contributed by atoms with Gasteiger partial charge in [0, 0.05) is 25.7 Å². The summed E-state index contributed by atoms with van der Waals surface area (Å²) in [5.74, 6) is 0.662. The van der Waals surface area contributed by atoms with Crippen LogP contribution in [0.4, 0.5) is 0 Å². The molecule has 1 aromatic carbocycles. The molecule has 0 saturated carbocycles. The summed E-state index contributed by atoms with van der Waals surface area (Å²) in [6, 6.07) is 11.2. The van der Waals surface area contributed by atoms with Crippen molar-refractivity contribution in [3.8, 4) is 0 Å². The molecule has 90 valence electrons. The third kappa shape index (κ3) is 3.95. The maximum absolute atomic E-state index is 5.68. The highest BCUT2D eigenvalue weighted by atomic mass is 15.2. The Hall–Kier alpha value is -0.860. The molecule has 0 fully saturated rings. The fourth-order valence-electron chi connectivity index (χ4n) is 1.83. The van der Waals surface area contributed by atoms with Crippen LogP contribution in [0.5, 0.6) is 0 Å². The van der Waals surface area contributed by atoms with E-state index in [9.17, 15) is 0 Å². The van der Waals surface area contributed by atoms with Gasteiger partial charge >= 0.3 is 0 Å². The minimum atomic E-state index is 0.573. The van der Waals surface area contributed by atoms with Gasteiger partial charge in [-0.05, 0) is 18.4 Å². The van der Waals surface area contributed by atoms with Gasteiger partial charge in [0.25, 0.3) is 0 Å². The summed E-state index contributed by atoms with van der Waals surface area (Å²) in [6.07, 6.45) is 0. The Morgan fingerprint density at radius 2 is 1.75 bits per heavy atom. The van der Waals surface area contributed by atoms with Crippen molar-refractivity contribution in [3.63, 3.8) is 0 Å². The van der Waals surface area contributed by atoms with Gasteiger partial charge in [0.15, 0.2) is 0 Å². The first-order chi connectivity index (χ1) is 7.65. The maximum atomic E-state index is 5.68. The lowest BCUT2D eigenvalue weighted by Gasteiger charge is -2.31. The molecule has 0 aliphatic heterocycles. The van der Waals surface area contributed by atoms with Gasteiger partial charge in [0.2, 0.25) is 0 Å². The number of nitrogens with zero attached hydrogens (tertiary/aromatic N) is 1. The van der Waals surface area contributed by atoms with Gasteiger partial charge in [0.1, 0.15) is 0 Å². The van der Waals surface area contributed by atoms with Gasteiger partial charge in [-0.25, -0.2) is 0 Å². The van der Waals surface area contributed by atoms with Gasteiger partial charge < -0.3 is 5.73 Å². The first kappa shape index (κ1) is 13.2.